The summed E-state index contributed by atoms with van der Waals surface area (Å²) in [6, 6.07) is 20.9. The Morgan fingerprint density at radius 3 is 2.73 bits per heavy atom. The van der Waals surface area contributed by atoms with Crippen LogP contribution < -0.4 is 10.1 Å². The van der Waals surface area contributed by atoms with E-state index >= 15 is 0 Å². The number of rotatable bonds is 6. The topological polar surface area (TPSA) is 78.2 Å². The Balaban J connectivity index is 1.35. The van der Waals surface area contributed by atoms with Crippen LogP contribution in [0.4, 0.5) is 4.79 Å². The van der Waals surface area contributed by atoms with Gasteiger partial charge in [0.1, 0.15) is 17.7 Å². The average molecular weight is 509 g/mol. The van der Waals surface area contributed by atoms with E-state index < -0.39 is 0 Å². The molecule has 1 amide bonds. The minimum Gasteiger partial charge on any atom is -0.489 e. The van der Waals surface area contributed by atoms with Crippen molar-refractivity contribution in [3.8, 4) is 5.75 Å². The second-order valence-corrected chi connectivity index (χ2v) is 9.85. The van der Waals surface area contributed by atoms with E-state index in [2.05, 4.69) is 20.9 Å². The molecular formula is C29H24N4O3S. The highest BCUT2D eigenvalue weighted by atomic mass is 32.2. The van der Waals surface area contributed by atoms with Crippen LogP contribution in [0, 0.1) is 0 Å². The van der Waals surface area contributed by atoms with Crippen LogP contribution in [-0.2, 0) is 12.4 Å². The first kappa shape index (κ1) is 23.1. The number of ketones is 1. The fourth-order valence-corrected chi connectivity index (χ4v) is 6.04. The van der Waals surface area contributed by atoms with Crippen molar-refractivity contribution in [3.05, 3.63) is 119 Å². The van der Waals surface area contributed by atoms with Crippen molar-refractivity contribution in [2.24, 2.45) is 0 Å². The molecule has 1 aliphatic heterocycles. The first-order valence-electron chi connectivity index (χ1n) is 11.9. The molecular weight excluding hydrogens is 484 g/mol. The lowest BCUT2D eigenvalue weighted by molar-refractivity contribution is 0.103. The van der Waals surface area contributed by atoms with Gasteiger partial charge in [0, 0.05) is 71.4 Å². The largest absolute Gasteiger partial charge is 0.489 e. The maximum absolute atomic E-state index is 13.8. The highest BCUT2D eigenvalue weighted by Crippen LogP contribution is 2.42. The number of nitrogens with zero attached hydrogens (tertiary/aromatic N) is 3. The molecule has 7 nitrogen and oxygen atoms in total. The molecule has 0 saturated heterocycles. The number of thioether (sulfide) groups is 1. The van der Waals surface area contributed by atoms with E-state index in [1.165, 1.54) is 4.57 Å². The molecule has 0 fully saturated rings. The fourth-order valence-electron chi connectivity index (χ4n) is 4.73. The second-order valence-electron chi connectivity index (χ2n) is 8.78. The van der Waals surface area contributed by atoms with Crippen LogP contribution in [0.5, 0.6) is 5.75 Å². The quantitative estimate of drug-likeness (QED) is 0.301. The smallest absolute Gasteiger partial charge is 0.325 e. The third-order valence-electron chi connectivity index (χ3n) is 6.57. The van der Waals surface area contributed by atoms with E-state index in [1.54, 1.807) is 31.2 Å². The molecule has 3 aromatic heterocycles. The summed E-state index contributed by atoms with van der Waals surface area (Å²) in [5.74, 6) is 1.24. The minimum atomic E-state index is -0.321. The zero-order chi connectivity index (χ0) is 25.4. The van der Waals surface area contributed by atoms with Gasteiger partial charge in [-0.15, -0.1) is 11.8 Å². The summed E-state index contributed by atoms with van der Waals surface area (Å²) >= 11 is 1.77. The molecule has 0 aliphatic carbocycles. The third kappa shape index (κ3) is 4.19. The van der Waals surface area contributed by atoms with Crippen molar-refractivity contribution in [3.63, 3.8) is 0 Å². The number of benzene rings is 2. The standard InChI is InChI=1S/C29H24N4O3S/c1-30-29(35)33-16-24(22-10-9-21(14-25(22)33)36-17-19-6-3-2-4-7-19)27(34)23-11-13-32-26(23)18-37-28(32)20-8-5-12-31-15-20/h2-16,28H,17-18H2,1H3,(H,30,35). The number of carbonyl (C=O) groups excluding carboxylic acids is 2. The van der Waals surface area contributed by atoms with Crippen LogP contribution in [-0.4, -0.2) is 33.0 Å². The van der Waals surface area contributed by atoms with Gasteiger partial charge in [0.05, 0.1) is 5.52 Å². The lowest BCUT2D eigenvalue weighted by Gasteiger charge is -2.11. The number of pyridine rings is 1. The summed E-state index contributed by atoms with van der Waals surface area (Å²) < 4.78 is 9.60. The van der Waals surface area contributed by atoms with Crippen LogP contribution in [0.2, 0.25) is 0 Å². The predicted octanol–water partition coefficient (Wildman–Crippen LogP) is 5.63. The SMILES string of the molecule is CNC(=O)n1cc(C(=O)c2ccn3c2CSC3c2cccnc2)c2ccc(OCc3ccccc3)cc21. The summed E-state index contributed by atoms with van der Waals surface area (Å²) in [6.45, 7) is 0.408. The van der Waals surface area contributed by atoms with E-state index in [9.17, 15) is 9.59 Å². The Bertz CT molecular complexity index is 1610. The highest BCUT2D eigenvalue weighted by molar-refractivity contribution is 7.99. The Morgan fingerprint density at radius 1 is 1.08 bits per heavy atom. The Morgan fingerprint density at radius 2 is 1.95 bits per heavy atom. The van der Waals surface area contributed by atoms with E-state index in [0.717, 1.165) is 22.6 Å². The van der Waals surface area contributed by atoms with Crippen LogP contribution in [0.25, 0.3) is 10.9 Å². The van der Waals surface area contributed by atoms with Crippen molar-refractivity contribution >= 4 is 34.5 Å². The molecule has 0 radical (unpaired) electrons. The molecule has 184 valence electrons. The zero-order valence-electron chi connectivity index (χ0n) is 20.1. The van der Waals surface area contributed by atoms with Gasteiger partial charge in [-0.3, -0.25) is 14.3 Å². The Labute approximate surface area is 218 Å². The number of fused-ring (bicyclic) bond motifs is 2. The number of amides is 1. The molecule has 6 rings (SSSR count). The predicted molar refractivity (Wildman–Crippen MR) is 144 cm³/mol. The molecule has 4 heterocycles. The van der Waals surface area contributed by atoms with E-state index in [1.807, 2.05) is 73.1 Å². The van der Waals surface area contributed by atoms with Crippen molar-refractivity contribution < 1.29 is 14.3 Å². The second kappa shape index (κ2) is 9.63. The molecule has 0 spiro atoms. The van der Waals surface area contributed by atoms with Gasteiger partial charge in [-0.25, -0.2) is 4.79 Å². The summed E-state index contributed by atoms with van der Waals surface area (Å²) in [4.78, 5) is 30.8. The number of hydrogen-bond donors (Lipinski definition) is 1. The molecule has 1 aliphatic rings. The molecule has 37 heavy (non-hydrogen) atoms. The molecule has 0 saturated carbocycles. The molecule has 0 bridgehead atoms. The maximum Gasteiger partial charge on any atom is 0.325 e. The Hall–Kier alpha value is -4.30. The lowest BCUT2D eigenvalue weighted by atomic mass is 10.0. The number of ether oxygens (including phenoxy) is 1. The molecule has 8 heteroatoms. The fraction of sp³-hybridized carbons (Fsp3) is 0.138. The van der Waals surface area contributed by atoms with Crippen molar-refractivity contribution in [1.29, 1.82) is 0 Å². The van der Waals surface area contributed by atoms with Gasteiger partial charge < -0.3 is 14.6 Å². The minimum absolute atomic E-state index is 0.0850. The first-order valence-corrected chi connectivity index (χ1v) is 13.0. The van der Waals surface area contributed by atoms with Gasteiger partial charge in [0.25, 0.3) is 0 Å². The van der Waals surface area contributed by atoms with Crippen molar-refractivity contribution in [2.75, 3.05) is 7.05 Å². The molecule has 1 atom stereocenters. The van der Waals surface area contributed by atoms with Gasteiger partial charge >= 0.3 is 6.03 Å². The van der Waals surface area contributed by atoms with Gasteiger partial charge in [-0.2, -0.15) is 0 Å². The number of aromatic nitrogens is 3. The molecule has 2 aromatic carbocycles. The van der Waals surface area contributed by atoms with Crippen LogP contribution >= 0.6 is 11.8 Å². The number of hydrogen-bond acceptors (Lipinski definition) is 5. The summed E-state index contributed by atoms with van der Waals surface area (Å²) in [7, 11) is 1.57. The Kier molecular flexibility index (Phi) is 6.02. The van der Waals surface area contributed by atoms with Crippen LogP contribution in [0.1, 0.15) is 38.1 Å². The number of carbonyl (C=O) groups is 2. The van der Waals surface area contributed by atoms with Crippen molar-refractivity contribution in [1.82, 2.24) is 19.4 Å². The first-order chi connectivity index (χ1) is 18.1. The van der Waals surface area contributed by atoms with Gasteiger partial charge in [-0.1, -0.05) is 36.4 Å². The normalized spacial score (nSPS) is 14.5. The lowest BCUT2D eigenvalue weighted by Crippen LogP contribution is -2.23. The highest BCUT2D eigenvalue weighted by Gasteiger charge is 2.30. The average Bonchev–Trinajstić information content (AvgIpc) is 3.66. The zero-order valence-corrected chi connectivity index (χ0v) is 20.9. The maximum atomic E-state index is 13.8. The van der Waals surface area contributed by atoms with Gasteiger partial charge in [0.2, 0.25) is 0 Å². The summed E-state index contributed by atoms with van der Waals surface area (Å²) in [5, 5.41) is 3.45. The van der Waals surface area contributed by atoms with E-state index in [4.69, 9.17) is 4.74 Å². The summed E-state index contributed by atoms with van der Waals surface area (Å²) in [6.07, 6.45) is 7.21. The monoisotopic (exact) mass is 508 g/mol. The van der Waals surface area contributed by atoms with Gasteiger partial charge in [0.15, 0.2) is 5.78 Å². The van der Waals surface area contributed by atoms with Crippen LogP contribution in [0.3, 0.4) is 0 Å². The van der Waals surface area contributed by atoms with Crippen LogP contribution in [0.15, 0.2) is 91.5 Å². The van der Waals surface area contributed by atoms with Crippen molar-refractivity contribution in [2.45, 2.75) is 17.7 Å². The molecule has 1 unspecified atom stereocenters. The summed E-state index contributed by atoms with van der Waals surface area (Å²) in [5.41, 5.74) is 4.88. The number of nitrogens with one attached hydrogen (secondary N) is 1. The molecule has 1 N–H and O–H groups in total. The third-order valence-corrected chi connectivity index (χ3v) is 7.83. The van der Waals surface area contributed by atoms with Gasteiger partial charge in [-0.05, 0) is 29.8 Å². The molecule has 5 aromatic rings. The van der Waals surface area contributed by atoms with E-state index in [-0.39, 0.29) is 17.2 Å². The van der Waals surface area contributed by atoms with E-state index in [0.29, 0.717) is 34.4 Å².